The molecule has 0 radical (unpaired) electrons. The number of pyridine rings is 1. The number of carbonyl (C=O) groups excluding carboxylic acids is 1. The molecule has 15 nitrogen and oxygen atoms in total. The number of ether oxygens (including phenoxy) is 5. The standard InChI is InChI=1S/C58H62N4O11/c1-3-30-71-58-54(61(35-42-20-25-52-53(31-42)70-38-69-52)55(65)27-21-40-18-22-45(23-19-40)62(66)67)34-50(60-72-36-41-13-5-4-6-14-41)48-32-43(15-7-9-28-63)47(17-8-10-29-64)56(57(48)58)49-33-46(24-26-51(49)73-58)68-37-44-16-11-12-39(2)59-44/h3-6,11-14,16,18-27,31-33,43,47,54,56-57,63-64H,1,7-10,15,17,28-30,34-38H2,2H3. The molecule has 5 aromatic rings. The Morgan fingerprint density at radius 1 is 0.904 bits per heavy atom. The molecule has 1 saturated carbocycles. The minimum Gasteiger partial charge on any atom is -0.487 e. The van der Waals surface area contributed by atoms with Gasteiger partial charge in [-0.15, -0.1) is 6.58 Å². The molecule has 6 atom stereocenters. The fourth-order valence-corrected chi connectivity index (χ4v) is 10.9. The molecular weight excluding hydrogens is 929 g/mol. The third-order valence-electron chi connectivity index (χ3n) is 14.2. The molecule has 0 saturated heterocycles. The molecule has 1 aromatic heterocycles. The minimum atomic E-state index is -1.55. The van der Waals surface area contributed by atoms with Crippen LogP contribution in [0.25, 0.3) is 6.08 Å². The van der Waals surface area contributed by atoms with Gasteiger partial charge in [0.1, 0.15) is 30.8 Å². The van der Waals surface area contributed by atoms with Gasteiger partial charge >= 0.3 is 0 Å². The maximum absolute atomic E-state index is 15.4. The summed E-state index contributed by atoms with van der Waals surface area (Å²) in [6, 6.07) is 32.3. The second kappa shape index (κ2) is 23.5. The Balaban J connectivity index is 1.23. The Bertz CT molecular complexity index is 2830. The molecule has 1 fully saturated rings. The first-order valence-electron chi connectivity index (χ1n) is 25.1. The molecular formula is C58H62N4O11. The van der Waals surface area contributed by atoms with Crippen LogP contribution < -0.4 is 18.9 Å². The number of allylic oxidation sites excluding steroid dienone is 1. The maximum atomic E-state index is 15.4. The van der Waals surface area contributed by atoms with E-state index in [2.05, 4.69) is 23.7 Å². The summed E-state index contributed by atoms with van der Waals surface area (Å²) in [6.45, 7) is 6.83. The van der Waals surface area contributed by atoms with Gasteiger partial charge in [-0.3, -0.25) is 19.9 Å². The molecule has 3 heterocycles. The molecule has 2 aliphatic heterocycles. The van der Waals surface area contributed by atoms with Crippen molar-refractivity contribution in [3.05, 3.63) is 183 Å². The minimum absolute atomic E-state index is 0.0116. The van der Waals surface area contributed by atoms with E-state index >= 15 is 4.79 Å². The van der Waals surface area contributed by atoms with E-state index in [1.54, 1.807) is 29.2 Å². The third-order valence-corrected chi connectivity index (χ3v) is 14.2. The number of aliphatic hydroxyl groups is 2. The van der Waals surface area contributed by atoms with Gasteiger partial charge in [-0.1, -0.05) is 72.6 Å². The maximum Gasteiger partial charge on any atom is 0.269 e. The summed E-state index contributed by atoms with van der Waals surface area (Å²) in [5, 5.41) is 36.7. The van der Waals surface area contributed by atoms with Crippen molar-refractivity contribution in [2.75, 3.05) is 26.6 Å². The highest BCUT2D eigenvalue weighted by molar-refractivity contribution is 6.03. The van der Waals surface area contributed by atoms with Crippen molar-refractivity contribution in [1.82, 2.24) is 9.88 Å². The number of oxime groups is 1. The van der Waals surface area contributed by atoms with Gasteiger partial charge in [0.05, 0.1) is 28.9 Å². The second-order valence-electron chi connectivity index (χ2n) is 18.9. The topological polar surface area (TPSA) is 185 Å². The Hall–Kier alpha value is -7.33. The van der Waals surface area contributed by atoms with E-state index in [0.29, 0.717) is 47.1 Å². The average Bonchev–Trinajstić information content (AvgIpc) is 3.88. The summed E-state index contributed by atoms with van der Waals surface area (Å²) in [5.41, 5.74) is 6.35. The number of nitro groups is 1. The molecule has 9 rings (SSSR count). The van der Waals surface area contributed by atoms with E-state index < -0.39 is 22.7 Å². The molecule has 4 aromatic carbocycles. The summed E-state index contributed by atoms with van der Waals surface area (Å²) in [6.07, 6.45) is 11.6. The molecule has 0 spiro atoms. The number of hydrogen-bond acceptors (Lipinski definition) is 13. The van der Waals surface area contributed by atoms with Crippen molar-refractivity contribution in [3.8, 4) is 23.0 Å². The summed E-state index contributed by atoms with van der Waals surface area (Å²) < 4.78 is 32.7. The number of nitro benzene ring substituents is 1. The Morgan fingerprint density at radius 3 is 2.45 bits per heavy atom. The summed E-state index contributed by atoms with van der Waals surface area (Å²) >= 11 is 0. The lowest BCUT2D eigenvalue weighted by Gasteiger charge is -2.60. The number of carbonyl (C=O) groups is 1. The van der Waals surface area contributed by atoms with E-state index in [9.17, 15) is 20.3 Å². The molecule has 73 heavy (non-hydrogen) atoms. The number of amides is 1. The van der Waals surface area contributed by atoms with Gasteiger partial charge in [0.25, 0.3) is 5.69 Å². The number of unbranched alkanes of at least 4 members (excludes halogenated alkanes) is 2. The van der Waals surface area contributed by atoms with Gasteiger partial charge in [-0.25, -0.2) is 0 Å². The van der Waals surface area contributed by atoms with Crippen LogP contribution in [0.3, 0.4) is 0 Å². The predicted octanol–water partition coefficient (Wildman–Crippen LogP) is 10.2. The number of rotatable bonds is 23. The smallest absolute Gasteiger partial charge is 0.269 e. The highest BCUT2D eigenvalue weighted by Gasteiger charge is 2.65. The summed E-state index contributed by atoms with van der Waals surface area (Å²) in [5.74, 6) is -0.452. The van der Waals surface area contributed by atoms with Gasteiger partial charge in [-0.2, -0.15) is 0 Å². The van der Waals surface area contributed by atoms with Gasteiger partial charge < -0.3 is 43.6 Å². The Morgan fingerprint density at radius 2 is 1.68 bits per heavy atom. The number of hydrogen-bond donors (Lipinski definition) is 2. The van der Waals surface area contributed by atoms with E-state index in [1.807, 2.05) is 85.8 Å². The quantitative estimate of drug-likeness (QED) is 0.0208. The van der Waals surface area contributed by atoms with Crippen molar-refractivity contribution >= 4 is 23.4 Å². The first-order valence-corrected chi connectivity index (χ1v) is 25.1. The molecule has 2 aliphatic carbocycles. The number of aliphatic hydroxyl groups excluding tert-OH is 2. The predicted molar refractivity (Wildman–Crippen MR) is 275 cm³/mol. The average molecular weight is 991 g/mol. The van der Waals surface area contributed by atoms with Crippen molar-refractivity contribution in [1.29, 1.82) is 0 Å². The number of nitrogens with zero attached hydrogens (tertiary/aromatic N) is 4. The highest BCUT2D eigenvalue weighted by atomic mass is 16.7. The number of benzene rings is 4. The van der Waals surface area contributed by atoms with Gasteiger partial charge in [0, 0.05) is 61.6 Å². The lowest BCUT2D eigenvalue weighted by Crippen LogP contribution is -2.70. The van der Waals surface area contributed by atoms with Crippen LogP contribution in [0.2, 0.25) is 0 Å². The number of aromatic nitrogens is 1. The van der Waals surface area contributed by atoms with Gasteiger partial charge in [0.2, 0.25) is 18.5 Å². The number of fused-ring (bicyclic) bond motifs is 3. The van der Waals surface area contributed by atoms with Crippen LogP contribution in [-0.4, -0.2) is 75.1 Å². The zero-order valence-electron chi connectivity index (χ0n) is 41.1. The van der Waals surface area contributed by atoms with Gasteiger partial charge in [0.15, 0.2) is 11.5 Å². The van der Waals surface area contributed by atoms with E-state index in [4.69, 9.17) is 33.7 Å². The largest absolute Gasteiger partial charge is 0.487 e. The molecule has 15 heteroatoms. The van der Waals surface area contributed by atoms with Crippen molar-refractivity contribution in [3.63, 3.8) is 0 Å². The lowest BCUT2D eigenvalue weighted by atomic mass is 9.55. The van der Waals surface area contributed by atoms with Crippen LogP contribution in [0.15, 0.2) is 145 Å². The van der Waals surface area contributed by atoms with Crippen molar-refractivity contribution in [2.45, 2.75) is 89.4 Å². The molecule has 1 amide bonds. The van der Waals surface area contributed by atoms with Gasteiger partial charge in [-0.05, 0) is 127 Å². The number of aryl methyl sites for hydroxylation is 1. The molecule has 2 N–H and O–H groups in total. The molecule has 0 bridgehead atoms. The van der Waals surface area contributed by atoms with Crippen molar-refractivity contribution < 1.29 is 48.5 Å². The zero-order valence-corrected chi connectivity index (χ0v) is 41.1. The normalized spacial score (nSPS) is 21.9. The van der Waals surface area contributed by atoms with Crippen LogP contribution in [0, 0.1) is 34.8 Å². The van der Waals surface area contributed by atoms with Crippen LogP contribution in [-0.2, 0) is 34.1 Å². The first kappa shape index (κ1) is 50.6. The molecule has 4 aliphatic rings. The van der Waals surface area contributed by atoms with E-state index in [0.717, 1.165) is 59.3 Å². The summed E-state index contributed by atoms with van der Waals surface area (Å²) in [7, 11) is 0. The monoisotopic (exact) mass is 990 g/mol. The molecule has 6 unspecified atom stereocenters. The molecule has 380 valence electrons. The SMILES string of the molecule is C=CCOC12Oc3ccc(OCc4cccc(C)n4)cc3C3C(CCCCO)C(CCCCO)C=C(C(=NOCc4ccccc4)CC1N(Cc1ccc4c(c1)OCO4)C(=O)C=Cc1ccc([N+](=O)[O-])cc1)C32. The third kappa shape index (κ3) is 11.5. The number of non-ortho nitro benzene ring substituents is 1. The zero-order chi connectivity index (χ0) is 50.7. The second-order valence-corrected chi connectivity index (χ2v) is 18.9. The van der Waals surface area contributed by atoms with Crippen molar-refractivity contribution in [2.24, 2.45) is 22.9 Å². The fraction of sp³-hybridized carbons (Fsp3) is 0.362. The fourth-order valence-electron chi connectivity index (χ4n) is 10.9. The highest BCUT2D eigenvalue weighted by Crippen LogP contribution is 2.62. The first-order chi connectivity index (χ1) is 35.7. The van der Waals surface area contributed by atoms with Crippen LogP contribution in [0.1, 0.15) is 84.5 Å². The lowest BCUT2D eigenvalue weighted by molar-refractivity contribution is -0.384. The van der Waals surface area contributed by atoms with Crippen LogP contribution in [0.5, 0.6) is 23.0 Å². The Labute approximate surface area is 425 Å². The van der Waals surface area contributed by atoms with Crippen LogP contribution in [0.4, 0.5) is 5.69 Å². The van der Waals surface area contributed by atoms with E-state index in [-0.39, 0.29) is 82.1 Å². The van der Waals surface area contributed by atoms with Crippen LogP contribution >= 0.6 is 0 Å². The Kier molecular flexibility index (Phi) is 16.3. The van der Waals surface area contributed by atoms with E-state index in [1.165, 1.54) is 18.2 Å². The summed E-state index contributed by atoms with van der Waals surface area (Å²) in [4.78, 5) is 39.2.